The Morgan fingerprint density at radius 3 is 2.35 bits per heavy atom. The first-order valence-electron chi connectivity index (χ1n) is 6.14. The van der Waals surface area contributed by atoms with Crippen LogP contribution in [0.3, 0.4) is 0 Å². The molecule has 0 aliphatic rings. The first-order chi connectivity index (χ1) is 9.36. The molecule has 0 bridgehead atoms. The highest BCUT2D eigenvalue weighted by atomic mass is 79.9. The standard InChI is InChI=1S/C14H16BrNO2S2/c1-10(16-9-12-5-8-14(15)19-12)11-3-6-13(7-4-11)20(2,17)18/h3-8,10,16H,9H2,1-2H3. The third-order valence-electron chi connectivity index (χ3n) is 3.02. The molecule has 2 rings (SSSR count). The van der Waals surface area contributed by atoms with Crippen LogP contribution in [0.5, 0.6) is 0 Å². The number of benzene rings is 1. The summed E-state index contributed by atoms with van der Waals surface area (Å²) in [4.78, 5) is 1.62. The largest absolute Gasteiger partial charge is 0.305 e. The number of hydrogen-bond donors (Lipinski definition) is 1. The summed E-state index contributed by atoms with van der Waals surface area (Å²) in [5, 5.41) is 3.43. The number of thiophene rings is 1. The fraction of sp³-hybridized carbons (Fsp3) is 0.286. The molecular formula is C14H16BrNO2S2. The Morgan fingerprint density at radius 1 is 1.20 bits per heavy atom. The molecule has 1 aromatic heterocycles. The molecule has 1 atom stereocenters. The molecule has 0 spiro atoms. The molecule has 0 aliphatic heterocycles. The van der Waals surface area contributed by atoms with Crippen LogP contribution in [0, 0.1) is 0 Å². The third-order valence-corrected chi connectivity index (χ3v) is 5.77. The van der Waals surface area contributed by atoms with E-state index < -0.39 is 9.84 Å². The minimum Gasteiger partial charge on any atom is -0.305 e. The van der Waals surface area contributed by atoms with Crippen LogP contribution < -0.4 is 5.32 Å². The molecule has 0 saturated carbocycles. The Bertz CT molecular complexity index is 677. The van der Waals surface area contributed by atoms with Gasteiger partial charge in [0.15, 0.2) is 9.84 Å². The van der Waals surface area contributed by atoms with Crippen molar-refractivity contribution in [1.82, 2.24) is 5.32 Å². The Balaban J connectivity index is 2.00. The van der Waals surface area contributed by atoms with Gasteiger partial charge < -0.3 is 5.32 Å². The average molecular weight is 374 g/mol. The second-order valence-corrected chi connectivity index (χ2v) is 9.21. The highest BCUT2D eigenvalue weighted by molar-refractivity contribution is 9.11. The van der Waals surface area contributed by atoms with Crippen LogP contribution in [-0.4, -0.2) is 14.7 Å². The molecule has 3 nitrogen and oxygen atoms in total. The molecule has 0 saturated heterocycles. The molecule has 2 aromatic rings. The molecule has 1 unspecified atom stereocenters. The van der Waals surface area contributed by atoms with Gasteiger partial charge in [-0.1, -0.05) is 12.1 Å². The van der Waals surface area contributed by atoms with Gasteiger partial charge in [0.1, 0.15) is 0 Å². The topological polar surface area (TPSA) is 46.2 Å². The van der Waals surface area contributed by atoms with Gasteiger partial charge in [0.2, 0.25) is 0 Å². The fourth-order valence-electron chi connectivity index (χ4n) is 1.82. The van der Waals surface area contributed by atoms with E-state index in [1.54, 1.807) is 23.5 Å². The predicted octanol–water partition coefficient (Wildman–Crippen LogP) is 3.76. The number of nitrogens with one attached hydrogen (secondary N) is 1. The van der Waals surface area contributed by atoms with Gasteiger partial charge in [-0.3, -0.25) is 0 Å². The molecule has 1 aromatic carbocycles. The van der Waals surface area contributed by atoms with Crippen molar-refractivity contribution in [2.45, 2.75) is 24.4 Å². The Hall–Kier alpha value is -0.690. The van der Waals surface area contributed by atoms with Crippen LogP contribution in [-0.2, 0) is 16.4 Å². The molecule has 20 heavy (non-hydrogen) atoms. The van der Waals surface area contributed by atoms with Crippen molar-refractivity contribution in [3.05, 3.63) is 50.6 Å². The SMILES string of the molecule is CC(NCc1ccc(Br)s1)c1ccc(S(C)(=O)=O)cc1. The maximum absolute atomic E-state index is 11.4. The van der Waals surface area contributed by atoms with Crippen molar-refractivity contribution in [3.8, 4) is 0 Å². The summed E-state index contributed by atoms with van der Waals surface area (Å²) in [5.74, 6) is 0. The van der Waals surface area contributed by atoms with Crippen LogP contribution in [0.2, 0.25) is 0 Å². The minimum absolute atomic E-state index is 0.171. The van der Waals surface area contributed by atoms with E-state index in [-0.39, 0.29) is 6.04 Å². The summed E-state index contributed by atoms with van der Waals surface area (Å²) in [6.07, 6.45) is 1.22. The van der Waals surface area contributed by atoms with Gasteiger partial charge in [-0.2, -0.15) is 0 Å². The summed E-state index contributed by atoms with van der Waals surface area (Å²) < 4.78 is 23.9. The van der Waals surface area contributed by atoms with Gasteiger partial charge in [0.25, 0.3) is 0 Å². The van der Waals surface area contributed by atoms with E-state index in [9.17, 15) is 8.42 Å². The zero-order valence-electron chi connectivity index (χ0n) is 11.3. The number of rotatable bonds is 5. The summed E-state index contributed by atoms with van der Waals surface area (Å²) in [7, 11) is -3.12. The van der Waals surface area contributed by atoms with Crippen molar-refractivity contribution < 1.29 is 8.42 Å². The predicted molar refractivity (Wildman–Crippen MR) is 86.8 cm³/mol. The van der Waals surface area contributed by atoms with Gasteiger partial charge in [0.05, 0.1) is 8.68 Å². The molecule has 0 aliphatic carbocycles. The molecule has 108 valence electrons. The van der Waals surface area contributed by atoms with Crippen molar-refractivity contribution in [1.29, 1.82) is 0 Å². The molecule has 6 heteroatoms. The Kier molecular flexibility index (Phi) is 5.01. The molecule has 1 heterocycles. The van der Waals surface area contributed by atoms with Crippen molar-refractivity contribution in [2.75, 3.05) is 6.26 Å². The lowest BCUT2D eigenvalue weighted by Crippen LogP contribution is -2.17. The lowest BCUT2D eigenvalue weighted by atomic mass is 10.1. The highest BCUT2D eigenvalue weighted by Crippen LogP contribution is 2.23. The van der Waals surface area contributed by atoms with Crippen LogP contribution in [0.1, 0.15) is 23.4 Å². The molecular weight excluding hydrogens is 358 g/mol. The minimum atomic E-state index is -3.12. The lowest BCUT2D eigenvalue weighted by molar-refractivity contribution is 0.578. The molecule has 1 N–H and O–H groups in total. The second-order valence-electron chi connectivity index (χ2n) is 4.65. The quantitative estimate of drug-likeness (QED) is 0.867. The van der Waals surface area contributed by atoms with Crippen LogP contribution in [0.4, 0.5) is 0 Å². The Morgan fingerprint density at radius 2 is 1.85 bits per heavy atom. The van der Waals surface area contributed by atoms with E-state index >= 15 is 0 Å². The average Bonchev–Trinajstić information content (AvgIpc) is 2.81. The molecule has 0 amide bonds. The van der Waals surface area contributed by atoms with E-state index in [0.29, 0.717) is 4.90 Å². The number of hydrogen-bond acceptors (Lipinski definition) is 4. The van der Waals surface area contributed by atoms with Crippen LogP contribution in [0.15, 0.2) is 45.1 Å². The summed E-state index contributed by atoms with van der Waals surface area (Å²) in [5.41, 5.74) is 1.08. The summed E-state index contributed by atoms with van der Waals surface area (Å²) in [6, 6.07) is 11.3. The van der Waals surface area contributed by atoms with Gasteiger partial charge in [-0.05, 0) is 52.7 Å². The van der Waals surface area contributed by atoms with E-state index in [4.69, 9.17) is 0 Å². The van der Waals surface area contributed by atoms with Gasteiger partial charge in [-0.25, -0.2) is 8.42 Å². The maximum atomic E-state index is 11.4. The summed E-state index contributed by atoms with van der Waals surface area (Å²) >= 11 is 5.15. The van der Waals surface area contributed by atoms with Gasteiger partial charge in [-0.15, -0.1) is 11.3 Å². The lowest BCUT2D eigenvalue weighted by Gasteiger charge is -2.14. The van der Waals surface area contributed by atoms with Crippen LogP contribution >= 0.6 is 27.3 Å². The van der Waals surface area contributed by atoms with E-state index in [1.165, 1.54) is 11.1 Å². The van der Waals surface area contributed by atoms with E-state index in [2.05, 4.69) is 34.2 Å². The highest BCUT2D eigenvalue weighted by Gasteiger charge is 2.09. The smallest absolute Gasteiger partial charge is 0.175 e. The molecule has 0 radical (unpaired) electrons. The third kappa shape index (κ3) is 4.15. The van der Waals surface area contributed by atoms with Crippen molar-refractivity contribution >= 4 is 37.1 Å². The zero-order valence-corrected chi connectivity index (χ0v) is 14.5. The number of sulfone groups is 1. The monoisotopic (exact) mass is 373 g/mol. The zero-order chi connectivity index (χ0) is 14.8. The van der Waals surface area contributed by atoms with Gasteiger partial charge >= 0.3 is 0 Å². The number of halogens is 1. The fourth-order valence-corrected chi connectivity index (χ4v) is 3.89. The van der Waals surface area contributed by atoms with E-state index in [0.717, 1.165) is 15.9 Å². The first kappa shape index (κ1) is 15.7. The second kappa shape index (κ2) is 6.39. The normalized spacial score (nSPS) is 13.3. The van der Waals surface area contributed by atoms with E-state index in [1.807, 2.05) is 18.2 Å². The summed E-state index contributed by atoms with van der Waals surface area (Å²) in [6.45, 7) is 2.86. The maximum Gasteiger partial charge on any atom is 0.175 e. The van der Waals surface area contributed by atoms with Gasteiger partial charge in [0, 0.05) is 23.7 Å². The first-order valence-corrected chi connectivity index (χ1v) is 9.64. The van der Waals surface area contributed by atoms with Crippen molar-refractivity contribution in [3.63, 3.8) is 0 Å². The van der Waals surface area contributed by atoms with Crippen molar-refractivity contribution in [2.24, 2.45) is 0 Å². The van der Waals surface area contributed by atoms with Crippen LogP contribution in [0.25, 0.3) is 0 Å². The Labute approximate surface area is 132 Å². The molecule has 0 fully saturated rings.